The van der Waals surface area contributed by atoms with Crippen LogP contribution < -0.4 is 5.32 Å². The number of nitrogens with one attached hydrogen (secondary N) is 1. The number of aromatic nitrogens is 3. The van der Waals surface area contributed by atoms with Crippen molar-refractivity contribution >= 4 is 0 Å². The summed E-state index contributed by atoms with van der Waals surface area (Å²) in [6.45, 7) is 3.32. The molecule has 2 heterocycles. The summed E-state index contributed by atoms with van der Waals surface area (Å²) in [6.07, 6.45) is 5.90. The largest absolute Gasteiger partial charge is 0.312 e. The van der Waals surface area contributed by atoms with Crippen molar-refractivity contribution in [3.8, 4) is 0 Å². The van der Waals surface area contributed by atoms with Gasteiger partial charge in [0.25, 0.3) is 0 Å². The molecule has 0 bridgehead atoms. The van der Waals surface area contributed by atoms with Crippen LogP contribution in [0.15, 0.2) is 12.7 Å². The molecule has 1 N–H and O–H groups in total. The highest BCUT2D eigenvalue weighted by Gasteiger charge is 2.22. The van der Waals surface area contributed by atoms with Crippen LogP contribution in [0.25, 0.3) is 0 Å². The van der Waals surface area contributed by atoms with Gasteiger partial charge in [-0.1, -0.05) is 0 Å². The first-order chi connectivity index (χ1) is 5.88. The molecule has 2 unspecified atom stereocenters. The van der Waals surface area contributed by atoms with Gasteiger partial charge in [0.05, 0.1) is 6.04 Å². The van der Waals surface area contributed by atoms with Crippen LogP contribution >= 0.6 is 0 Å². The highest BCUT2D eigenvalue weighted by molar-refractivity contribution is 4.82. The number of hydrogen-bond acceptors (Lipinski definition) is 3. The van der Waals surface area contributed by atoms with Gasteiger partial charge in [0.15, 0.2) is 0 Å². The number of nitrogens with zero attached hydrogens (tertiary/aromatic N) is 3. The average molecular weight is 166 g/mol. The molecule has 4 heteroatoms. The first kappa shape index (κ1) is 7.73. The van der Waals surface area contributed by atoms with Crippen LogP contribution in [0.1, 0.15) is 25.8 Å². The minimum Gasteiger partial charge on any atom is -0.312 e. The Morgan fingerprint density at radius 3 is 3.17 bits per heavy atom. The third kappa shape index (κ3) is 1.34. The molecule has 1 aromatic heterocycles. The van der Waals surface area contributed by atoms with Gasteiger partial charge in [-0.25, -0.2) is 9.67 Å². The van der Waals surface area contributed by atoms with Crippen LogP contribution in [-0.4, -0.2) is 27.4 Å². The van der Waals surface area contributed by atoms with Crippen LogP contribution in [0.3, 0.4) is 0 Å². The standard InChI is InChI=1S/C8H14N4/c1-7(8-3-2-4-10-8)12-6-9-5-11-12/h5-8,10H,2-4H2,1H3. The van der Waals surface area contributed by atoms with Crippen molar-refractivity contribution in [1.82, 2.24) is 20.1 Å². The van der Waals surface area contributed by atoms with E-state index in [-0.39, 0.29) is 0 Å². The molecule has 1 saturated heterocycles. The van der Waals surface area contributed by atoms with Gasteiger partial charge in [0, 0.05) is 6.04 Å². The summed E-state index contributed by atoms with van der Waals surface area (Å²) in [4.78, 5) is 3.94. The molecule has 1 aliphatic heterocycles. The number of hydrogen-bond donors (Lipinski definition) is 1. The van der Waals surface area contributed by atoms with Gasteiger partial charge in [-0.2, -0.15) is 5.10 Å². The van der Waals surface area contributed by atoms with Crippen molar-refractivity contribution in [3.05, 3.63) is 12.7 Å². The van der Waals surface area contributed by atoms with Crippen LogP contribution in [0.4, 0.5) is 0 Å². The Kier molecular flexibility index (Phi) is 2.08. The monoisotopic (exact) mass is 166 g/mol. The highest BCUT2D eigenvalue weighted by atomic mass is 15.3. The zero-order valence-corrected chi connectivity index (χ0v) is 7.27. The minimum atomic E-state index is 0.426. The van der Waals surface area contributed by atoms with Crippen molar-refractivity contribution in [2.45, 2.75) is 31.8 Å². The Labute approximate surface area is 72.0 Å². The van der Waals surface area contributed by atoms with Gasteiger partial charge >= 0.3 is 0 Å². The van der Waals surface area contributed by atoms with E-state index in [1.165, 1.54) is 12.8 Å². The third-order valence-electron chi connectivity index (χ3n) is 2.53. The molecule has 0 aliphatic carbocycles. The van der Waals surface area contributed by atoms with Gasteiger partial charge < -0.3 is 5.32 Å². The minimum absolute atomic E-state index is 0.426. The fraction of sp³-hybridized carbons (Fsp3) is 0.750. The SMILES string of the molecule is CC(C1CCCN1)n1cncn1. The van der Waals surface area contributed by atoms with E-state index in [2.05, 4.69) is 22.3 Å². The molecule has 1 aromatic rings. The molecule has 2 rings (SSSR count). The molecule has 0 amide bonds. The van der Waals surface area contributed by atoms with E-state index in [4.69, 9.17) is 0 Å². The quantitative estimate of drug-likeness (QED) is 0.699. The highest BCUT2D eigenvalue weighted by Crippen LogP contribution is 2.17. The first-order valence-electron chi connectivity index (χ1n) is 4.45. The molecule has 0 saturated carbocycles. The predicted octanol–water partition coefficient (Wildman–Crippen LogP) is 0.591. The lowest BCUT2D eigenvalue weighted by Crippen LogP contribution is -2.30. The number of rotatable bonds is 2. The van der Waals surface area contributed by atoms with Crippen LogP contribution in [0.5, 0.6) is 0 Å². The van der Waals surface area contributed by atoms with Gasteiger partial charge in [0.1, 0.15) is 12.7 Å². The smallest absolute Gasteiger partial charge is 0.137 e. The predicted molar refractivity (Wildman–Crippen MR) is 45.8 cm³/mol. The van der Waals surface area contributed by atoms with Gasteiger partial charge in [-0.05, 0) is 26.3 Å². The Hall–Kier alpha value is -0.900. The van der Waals surface area contributed by atoms with Crippen molar-refractivity contribution in [3.63, 3.8) is 0 Å². The maximum Gasteiger partial charge on any atom is 0.137 e. The zero-order chi connectivity index (χ0) is 8.39. The van der Waals surface area contributed by atoms with E-state index >= 15 is 0 Å². The van der Waals surface area contributed by atoms with E-state index in [0.717, 1.165) is 6.54 Å². The lowest BCUT2D eigenvalue weighted by atomic mass is 10.1. The van der Waals surface area contributed by atoms with Crippen molar-refractivity contribution in [2.75, 3.05) is 6.54 Å². The van der Waals surface area contributed by atoms with Gasteiger partial charge in [0.2, 0.25) is 0 Å². The topological polar surface area (TPSA) is 42.7 Å². The van der Waals surface area contributed by atoms with Crippen LogP contribution in [-0.2, 0) is 0 Å². The van der Waals surface area contributed by atoms with E-state index in [0.29, 0.717) is 12.1 Å². The second kappa shape index (κ2) is 3.23. The van der Waals surface area contributed by atoms with E-state index in [9.17, 15) is 0 Å². The van der Waals surface area contributed by atoms with Gasteiger partial charge in [-0.15, -0.1) is 0 Å². The summed E-state index contributed by atoms with van der Waals surface area (Å²) < 4.78 is 1.92. The Balaban J connectivity index is 2.04. The first-order valence-corrected chi connectivity index (χ1v) is 4.45. The maximum absolute atomic E-state index is 4.13. The molecular formula is C8H14N4. The third-order valence-corrected chi connectivity index (χ3v) is 2.53. The summed E-state index contributed by atoms with van der Waals surface area (Å²) in [5.41, 5.74) is 0. The van der Waals surface area contributed by atoms with Crippen LogP contribution in [0, 0.1) is 0 Å². The zero-order valence-electron chi connectivity index (χ0n) is 7.27. The summed E-state index contributed by atoms with van der Waals surface area (Å²) in [5, 5.41) is 7.58. The van der Waals surface area contributed by atoms with Gasteiger partial charge in [-0.3, -0.25) is 0 Å². The summed E-state index contributed by atoms with van der Waals surface area (Å²) in [6, 6.07) is 1.00. The lowest BCUT2D eigenvalue weighted by molar-refractivity contribution is 0.378. The molecule has 2 atom stereocenters. The second-order valence-corrected chi connectivity index (χ2v) is 3.32. The fourth-order valence-electron chi connectivity index (χ4n) is 1.74. The second-order valence-electron chi connectivity index (χ2n) is 3.32. The molecule has 12 heavy (non-hydrogen) atoms. The molecule has 0 aromatic carbocycles. The molecule has 0 radical (unpaired) electrons. The summed E-state index contributed by atoms with van der Waals surface area (Å²) >= 11 is 0. The summed E-state index contributed by atoms with van der Waals surface area (Å²) in [5.74, 6) is 0. The van der Waals surface area contributed by atoms with E-state index in [1.54, 1.807) is 12.7 Å². The van der Waals surface area contributed by atoms with Crippen molar-refractivity contribution in [1.29, 1.82) is 0 Å². The Morgan fingerprint density at radius 2 is 2.58 bits per heavy atom. The summed E-state index contributed by atoms with van der Waals surface area (Å²) in [7, 11) is 0. The molecule has 1 fully saturated rings. The van der Waals surface area contributed by atoms with E-state index in [1.807, 2.05) is 4.68 Å². The molecule has 0 spiro atoms. The molecule has 66 valence electrons. The Morgan fingerprint density at radius 1 is 1.67 bits per heavy atom. The molecule has 1 aliphatic rings. The normalized spacial score (nSPS) is 25.9. The van der Waals surface area contributed by atoms with Crippen molar-refractivity contribution in [2.24, 2.45) is 0 Å². The van der Waals surface area contributed by atoms with Crippen molar-refractivity contribution < 1.29 is 0 Å². The molecular weight excluding hydrogens is 152 g/mol. The van der Waals surface area contributed by atoms with Crippen LogP contribution in [0.2, 0.25) is 0 Å². The van der Waals surface area contributed by atoms with E-state index < -0.39 is 0 Å². The average Bonchev–Trinajstić information content (AvgIpc) is 2.77. The molecule has 4 nitrogen and oxygen atoms in total. The lowest BCUT2D eigenvalue weighted by Gasteiger charge is -2.18. The maximum atomic E-state index is 4.13. The fourth-order valence-corrected chi connectivity index (χ4v) is 1.74. The Bertz CT molecular complexity index is 225.